The molecule has 0 unspecified atom stereocenters. The minimum Gasteiger partial charge on any atom is -0.324 e. The lowest BCUT2D eigenvalue weighted by molar-refractivity contribution is 0.579. The molecule has 0 bridgehead atoms. The summed E-state index contributed by atoms with van der Waals surface area (Å²) in [6.45, 7) is 4.34. The Morgan fingerprint density at radius 3 is 2.73 bits per heavy atom. The molecule has 0 heterocycles. The summed E-state index contributed by atoms with van der Waals surface area (Å²) in [5.74, 6) is 0. The fourth-order valence-corrected chi connectivity index (χ4v) is 2.16. The van der Waals surface area contributed by atoms with Crippen LogP contribution in [0.5, 0.6) is 0 Å². The fraction of sp³-hybridized carbons (Fsp3) is 0.538. The third-order valence-corrected chi connectivity index (χ3v) is 3.25. The Balaban J connectivity index is 2.64. The van der Waals surface area contributed by atoms with Gasteiger partial charge in [-0.25, -0.2) is 0 Å². The van der Waals surface area contributed by atoms with Gasteiger partial charge in [0.05, 0.1) is 0 Å². The third-order valence-electron chi connectivity index (χ3n) is 2.76. The van der Waals surface area contributed by atoms with E-state index in [1.807, 2.05) is 0 Å². The zero-order chi connectivity index (χ0) is 11.3. The van der Waals surface area contributed by atoms with Gasteiger partial charge in [-0.1, -0.05) is 48.2 Å². The Morgan fingerprint density at radius 2 is 2.07 bits per heavy atom. The summed E-state index contributed by atoms with van der Waals surface area (Å²) in [5, 5.41) is 0. The minimum absolute atomic E-state index is 0.189. The van der Waals surface area contributed by atoms with E-state index in [1.54, 1.807) is 0 Å². The second-order valence-electron chi connectivity index (χ2n) is 4.10. The molecule has 1 nitrogen and oxygen atoms in total. The second kappa shape index (κ2) is 6.29. The number of hydrogen-bond acceptors (Lipinski definition) is 1. The monoisotopic (exact) mass is 269 g/mol. The molecular weight excluding hydrogens is 250 g/mol. The molecule has 0 fully saturated rings. The Labute approximate surface area is 101 Å². The standard InChI is InChI=1S/C13H20BrN/c1-3-4-5-6-13(15)12-9-11(14)8-7-10(12)2/h7-9,13H,3-6,15H2,1-2H3/t13-/m1/s1. The van der Waals surface area contributed by atoms with Crippen LogP contribution in [0.1, 0.15) is 49.8 Å². The predicted octanol–water partition coefficient (Wildman–Crippen LogP) is 4.34. The van der Waals surface area contributed by atoms with Crippen LogP contribution >= 0.6 is 15.9 Å². The largest absolute Gasteiger partial charge is 0.324 e. The van der Waals surface area contributed by atoms with E-state index in [-0.39, 0.29) is 6.04 Å². The summed E-state index contributed by atoms with van der Waals surface area (Å²) in [7, 11) is 0. The van der Waals surface area contributed by atoms with E-state index in [9.17, 15) is 0 Å². The number of aryl methyl sites for hydroxylation is 1. The molecule has 1 aromatic carbocycles. The first-order valence-electron chi connectivity index (χ1n) is 5.66. The highest BCUT2D eigenvalue weighted by Crippen LogP contribution is 2.24. The molecule has 0 saturated carbocycles. The van der Waals surface area contributed by atoms with Crippen molar-refractivity contribution >= 4 is 15.9 Å². The molecule has 0 aromatic heterocycles. The van der Waals surface area contributed by atoms with Crippen LogP contribution in [0.3, 0.4) is 0 Å². The van der Waals surface area contributed by atoms with E-state index in [0.717, 1.165) is 10.9 Å². The van der Waals surface area contributed by atoms with E-state index in [2.05, 4.69) is 48.0 Å². The highest BCUT2D eigenvalue weighted by Gasteiger charge is 2.08. The maximum Gasteiger partial charge on any atom is 0.0297 e. The molecule has 15 heavy (non-hydrogen) atoms. The maximum absolute atomic E-state index is 6.18. The highest BCUT2D eigenvalue weighted by molar-refractivity contribution is 9.10. The molecule has 0 spiro atoms. The second-order valence-corrected chi connectivity index (χ2v) is 5.02. The van der Waals surface area contributed by atoms with Crippen LogP contribution in [0.25, 0.3) is 0 Å². The van der Waals surface area contributed by atoms with Gasteiger partial charge in [0.2, 0.25) is 0 Å². The number of hydrogen-bond donors (Lipinski definition) is 1. The van der Waals surface area contributed by atoms with E-state index in [1.165, 1.54) is 30.4 Å². The summed E-state index contributed by atoms with van der Waals surface area (Å²) < 4.78 is 1.12. The molecule has 0 aliphatic heterocycles. The Morgan fingerprint density at radius 1 is 1.33 bits per heavy atom. The van der Waals surface area contributed by atoms with Crippen molar-refractivity contribution in [3.8, 4) is 0 Å². The van der Waals surface area contributed by atoms with Gasteiger partial charge in [0.25, 0.3) is 0 Å². The number of benzene rings is 1. The van der Waals surface area contributed by atoms with E-state index >= 15 is 0 Å². The van der Waals surface area contributed by atoms with Crippen LogP contribution < -0.4 is 5.73 Å². The average molecular weight is 270 g/mol. The first-order valence-corrected chi connectivity index (χ1v) is 6.46. The molecule has 0 radical (unpaired) electrons. The summed E-state index contributed by atoms with van der Waals surface area (Å²) >= 11 is 3.49. The lowest BCUT2D eigenvalue weighted by Crippen LogP contribution is -2.11. The van der Waals surface area contributed by atoms with Gasteiger partial charge in [0, 0.05) is 10.5 Å². The van der Waals surface area contributed by atoms with Crippen LogP contribution in [0.4, 0.5) is 0 Å². The average Bonchev–Trinajstić information content (AvgIpc) is 2.22. The van der Waals surface area contributed by atoms with Crippen LogP contribution in [0, 0.1) is 6.92 Å². The number of rotatable bonds is 5. The van der Waals surface area contributed by atoms with Gasteiger partial charge in [-0.15, -0.1) is 0 Å². The van der Waals surface area contributed by atoms with Gasteiger partial charge in [-0.2, -0.15) is 0 Å². The summed E-state index contributed by atoms with van der Waals surface area (Å²) in [5.41, 5.74) is 8.76. The lowest BCUT2D eigenvalue weighted by Gasteiger charge is -2.14. The van der Waals surface area contributed by atoms with Gasteiger partial charge in [0.1, 0.15) is 0 Å². The van der Waals surface area contributed by atoms with Crippen molar-refractivity contribution in [3.63, 3.8) is 0 Å². The smallest absolute Gasteiger partial charge is 0.0297 e. The normalized spacial score (nSPS) is 12.8. The predicted molar refractivity (Wildman–Crippen MR) is 69.9 cm³/mol. The Hall–Kier alpha value is -0.340. The van der Waals surface area contributed by atoms with E-state index in [0.29, 0.717) is 0 Å². The van der Waals surface area contributed by atoms with Crippen LogP contribution in [0.15, 0.2) is 22.7 Å². The van der Waals surface area contributed by atoms with Crippen molar-refractivity contribution in [2.45, 2.75) is 45.6 Å². The van der Waals surface area contributed by atoms with Crippen LogP contribution in [-0.2, 0) is 0 Å². The van der Waals surface area contributed by atoms with Crippen LogP contribution in [-0.4, -0.2) is 0 Å². The Kier molecular flexibility index (Phi) is 5.34. The molecule has 84 valence electrons. The molecule has 1 atom stereocenters. The van der Waals surface area contributed by atoms with E-state index in [4.69, 9.17) is 5.73 Å². The highest BCUT2D eigenvalue weighted by atomic mass is 79.9. The van der Waals surface area contributed by atoms with Crippen molar-refractivity contribution in [2.24, 2.45) is 5.73 Å². The van der Waals surface area contributed by atoms with Gasteiger partial charge in [0.15, 0.2) is 0 Å². The van der Waals surface area contributed by atoms with Gasteiger partial charge in [-0.3, -0.25) is 0 Å². The molecule has 0 aliphatic rings. The van der Waals surface area contributed by atoms with Crippen molar-refractivity contribution in [2.75, 3.05) is 0 Å². The zero-order valence-corrected chi connectivity index (χ0v) is 11.2. The molecule has 2 N–H and O–H groups in total. The summed E-state index contributed by atoms with van der Waals surface area (Å²) in [6, 6.07) is 6.52. The van der Waals surface area contributed by atoms with Crippen molar-refractivity contribution in [1.82, 2.24) is 0 Å². The van der Waals surface area contributed by atoms with E-state index < -0.39 is 0 Å². The zero-order valence-electron chi connectivity index (χ0n) is 9.59. The number of halogens is 1. The first kappa shape index (κ1) is 12.7. The molecule has 2 heteroatoms. The van der Waals surface area contributed by atoms with Gasteiger partial charge >= 0.3 is 0 Å². The molecule has 0 aliphatic carbocycles. The molecule has 1 rings (SSSR count). The quantitative estimate of drug-likeness (QED) is 0.791. The Bertz CT molecular complexity index is 309. The summed E-state index contributed by atoms with van der Waals surface area (Å²) in [4.78, 5) is 0. The minimum atomic E-state index is 0.189. The van der Waals surface area contributed by atoms with Crippen molar-refractivity contribution < 1.29 is 0 Å². The van der Waals surface area contributed by atoms with Gasteiger partial charge in [-0.05, 0) is 36.6 Å². The summed E-state index contributed by atoms with van der Waals surface area (Å²) in [6.07, 6.45) is 4.85. The van der Waals surface area contributed by atoms with Gasteiger partial charge < -0.3 is 5.73 Å². The molecule has 0 saturated heterocycles. The fourth-order valence-electron chi connectivity index (χ4n) is 1.78. The molecule has 0 amide bonds. The van der Waals surface area contributed by atoms with Crippen molar-refractivity contribution in [3.05, 3.63) is 33.8 Å². The maximum atomic E-state index is 6.18. The molecule has 1 aromatic rings. The lowest BCUT2D eigenvalue weighted by atomic mass is 9.97. The molecular formula is C13H20BrN. The van der Waals surface area contributed by atoms with Crippen molar-refractivity contribution in [1.29, 1.82) is 0 Å². The topological polar surface area (TPSA) is 26.0 Å². The number of nitrogens with two attached hydrogens (primary N) is 1. The number of unbranched alkanes of at least 4 members (excludes halogenated alkanes) is 2. The third kappa shape index (κ3) is 3.96. The SMILES string of the molecule is CCCCC[C@@H](N)c1cc(Br)ccc1C. The van der Waals surface area contributed by atoms with Crippen LogP contribution in [0.2, 0.25) is 0 Å². The first-order chi connectivity index (χ1) is 7.15.